The van der Waals surface area contributed by atoms with E-state index >= 15 is 0 Å². The molecular weight excluding hydrogens is 200 g/mol. The molecule has 0 aliphatic rings. The monoisotopic (exact) mass is 218 g/mol. The maximum atomic E-state index is 8.76. The molecule has 86 valence electrons. The Morgan fingerprint density at radius 3 is 2.44 bits per heavy atom. The van der Waals surface area contributed by atoms with Crippen LogP contribution in [0.5, 0.6) is 5.75 Å². The molecule has 16 heavy (non-hydrogen) atoms. The normalized spacial score (nSPS) is 13.9. The van der Waals surface area contributed by atoms with Crippen LogP contribution in [0, 0.1) is 17.2 Å². The first-order valence-electron chi connectivity index (χ1n) is 5.43. The molecule has 0 spiro atoms. The predicted octanol–water partition coefficient (Wildman–Crippen LogP) is 2.33. The summed E-state index contributed by atoms with van der Waals surface area (Å²) in [5, 5.41) is 12.1. The highest BCUT2D eigenvalue weighted by Gasteiger charge is 2.09. The number of rotatable bonds is 5. The zero-order valence-electron chi connectivity index (χ0n) is 10.0. The number of nitriles is 1. The molecule has 0 radical (unpaired) electrons. The number of nitrogens with zero attached hydrogens (tertiary/aromatic N) is 1. The van der Waals surface area contributed by atoms with E-state index in [1.54, 1.807) is 7.11 Å². The van der Waals surface area contributed by atoms with Crippen molar-refractivity contribution in [1.29, 1.82) is 5.26 Å². The van der Waals surface area contributed by atoms with Crippen molar-refractivity contribution in [3.8, 4) is 11.8 Å². The molecule has 1 N–H and O–H groups in total. The maximum absolute atomic E-state index is 8.76. The number of methoxy groups -OCH3 is 1. The highest BCUT2D eigenvalue weighted by Crippen LogP contribution is 2.11. The second-order valence-corrected chi connectivity index (χ2v) is 3.94. The Hall–Kier alpha value is -1.53. The van der Waals surface area contributed by atoms with Gasteiger partial charge in [-0.1, -0.05) is 12.1 Å². The van der Waals surface area contributed by atoms with E-state index in [0.29, 0.717) is 0 Å². The molecule has 3 nitrogen and oxygen atoms in total. The molecule has 0 bridgehead atoms. The van der Waals surface area contributed by atoms with Crippen molar-refractivity contribution in [1.82, 2.24) is 5.32 Å². The molecule has 1 aromatic carbocycles. The van der Waals surface area contributed by atoms with Gasteiger partial charge in [-0.3, -0.25) is 0 Å². The van der Waals surface area contributed by atoms with Crippen molar-refractivity contribution in [2.45, 2.75) is 26.4 Å². The van der Waals surface area contributed by atoms with E-state index in [2.05, 4.69) is 11.4 Å². The molecule has 0 saturated carbocycles. The second-order valence-electron chi connectivity index (χ2n) is 3.94. The van der Waals surface area contributed by atoms with Crippen LogP contribution in [0.2, 0.25) is 0 Å². The average Bonchev–Trinajstić information content (AvgIpc) is 2.35. The van der Waals surface area contributed by atoms with Crippen molar-refractivity contribution in [3.05, 3.63) is 29.8 Å². The third-order valence-corrected chi connectivity index (χ3v) is 2.74. The number of nitrogens with one attached hydrogen (secondary N) is 1. The molecule has 0 heterocycles. The van der Waals surface area contributed by atoms with E-state index < -0.39 is 0 Å². The zero-order chi connectivity index (χ0) is 12.0. The fourth-order valence-electron chi connectivity index (χ4n) is 1.31. The standard InChI is InChI=1S/C13H18N2O/c1-10(8-14)11(2)15-9-12-4-6-13(16-3)7-5-12/h4-7,10-11,15H,9H2,1-3H3. The summed E-state index contributed by atoms with van der Waals surface area (Å²) >= 11 is 0. The minimum atomic E-state index is 0.0262. The molecule has 0 saturated heterocycles. The lowest BCUT2D eigenvalue weighted by Crippen LogP contribution is -2.30. The molecule has 1 rings (SSSR count). The summed E-state index contributed by atoms with van der Waals surface area (Å²) in [6.45, 7) is 4.72. The summed E-state index contributed by atoms with van der Waals surface area (Å²) in [5.74, 6) is 0.889. The number of ether oxygens (including phenoxy) is 1. The molecule has 3 heteroatoms. The van der Waals surface area contributed by atoms with Gasteiger partial charge in [-0.15, -0.1) is 0 Å². The zero-order valence-corrected chi connectivity index (χ0v) is 10.0. The number of hydrogen-bond acceptors (Lipinski definition) is 3. The third kappa shape index (κ3) is 3.56. The van der Waals surface area contributed by atoms with Gasteiger partial charge in [0.1, 0.15) is 5.75 Å². The minimum absolute atomic E-state index is 0.0262. The minimum Gasteiger partial charge on any atom is -0.497 e. The number of benzene rings is 1. The molecular formula is C13H18N2O. The van der Waals surface area contributed by atoms with Crippen LogP contribution in [0.4, 0.5) is 0 Å². The van der Waals surface area contributed by atoms with Gasteiger partial charge in [-0.2, -0.15) is 5.26 Å². The summed E-state index contributed by atoms with van der Waals surface area (Å²) in [7, 11) is 1.66. The Morgan fingerprint density at radius 2 is 1.94 bits per heavy atom. The molecule has 2 unspecified atom stereocenters. The van der Waals surface area contributed by atoms with Gasteiger partial charge in [0, 0.05) is 12.6 Å². The quantitative estimate of drug-likeness (QED) is 0.825. The predicted molar refractivity (Wildman–Crippen MR) is 64.1 cm³/mol. The number of hydrogen-bond donors (Lipinski definition) is 1. The Morgan fingerprint density at radius 1 is 1.31 bits per heavy atom. The molecule has 0 aliphatic carbocycles. The van der Waals surface area contributed by atoms with Crippen LogP contribution in [0.3, 0.4) is 0 Å². The molecule has 0 amide bonds. The van der Waals surface area contributed by atoms with Gasteiger partial charge in [0.05, 0.1) is 19.1 Å². The van der Waals surface area contributed by atoms with Crippen molar-refractivity contribution in [2.75, 3.05) is 7.11 Å². The van der Waals surface area contributed by atoms with E-state index in [0.717, 1.165) is 12.3 Å². The molecule has 2 atom stereocenters. The maximum Gasteiger partial charge on any atom is 0.118 e. The van der Waals surface area contributed by atoms with E-state index in [1.807, 2.05) is 38.1 Å². The largest absolute Gasteiger partial charge is 0.497 e. The Bertz CT molecular complexity index is 353. The fourth-order valence-corrected chi connectivity index (χ4v) is 1.31. The van der Waals surface area contributed by atoms with E-state index in [-0.39, 0.29) is 12.0 Å². The van der Waals surface area contributed by atoms with Crippen molar-refractivity contribution in [2.24, 2.45) is 5.92 Å². The Labute approximate surface area is 97.0 Å². The summed E-state index contributed by atoms with van der Waals surface area (Å²) < 4.78 is 5.09. The van der Waals surface area contributed by atoms with Crippen LogP contribution >= 0.6 is 0 Å². The van der Waals surface area contributed by atoms with Crippen LogP contribution in [0.25, 0.3) is 0 Å². The van der Waals surface area contributed by atoms with Crippen LogP contribution in [0.1, 0.15) is 19.4 Å². The molecule has 1 aromatic rings. The summed E-state index contributed by atoms with van der Waals surface area (Å²) in [6, 6.07) is 10.4. The Balaban J connectivity index is 2.46. The molecule has 0 aromatic heterocycles. The van der Waals surface area contributed by atoms with Crippen LogP contribution in [0.15, 0.2) is 24.3 Å². The van der Waals surface area contributed by atoms with E-state index in [1.165, 1.54) is 5.56 Å². The fraction of sp³-hybridized carbons (Fsp3) is 0.462. The van der Waals surface area contributed by atoms with Gasteiger partial charge in [0.15, 0.2) is 0 Å². The highest BCUT2D eigenvalue weighted by atomic mass is 16.5. The Kier molecular flexibility index (Phi) is 4.81. The van der Waals surface area contributed by atoms with Gasteiger partial charge in [-0.05, 0) is 31.5 Å². The first kappa shape index (κ1) is 12.5. The highest BCUT2D eigenvalue weighted by molar-refractivity contribution is 5.27. The van der Waals surface area contributed by atoms with Gasteiger partial charge >= 0.3 is 0 Å². The lowest BCUT2D eigenvalue weighted by atomic mass is 10.1. The van der Waals surface area contributed by atoms with E-state index in [9.17, 15) is 0 Å². The summed E-state index contributed by atoms with van der Waals surface area (Å²) in [5.41, 5.74) is 1.19. The summed E-state index contributed by atoms with van der Waals surface area (Å²) in [4.78, 5) is 0. The smallest absolute Gasteiger partial charge is 0.118 e. The van der Waals surface area contributed by atoms with Crippen LogP contribution < -0.4 is 10.1 Å². The third-order valence-electron chi connectivity index (χ3n) is 2.74. The molecule has 0 aliphatic heterocycles. The first-order valence-corrected chi connectivity index (χ1v) is 5.43. The van der Waals surface area contributed by atoms with Crippen molar-refractivity contribution in [3.63, 3.8) is 0 Å². The van der Waals surface area contributed by atoms with Crippen LogP contribution in [-0.4, -0.2) is 13.2 Å². The lowest BCUT2D eigenvalue weighted by molar-refractivity contribution is 0.414. The van der Waals surface area contributed by atoms with Crippen molar-refractivity contribution < 1.29 is 4.74 Å². The van der Waals surface area contributed by atoms with Gasteiger partial charge in [-0.25, -0.2) is 0 Å². The SMILES string of the molecule is COc1ccc(CNC(C)C(C)C#N)cc1. The average molecular weight is 218 g/mol. The lowest BCUT2D eigenvalue weighted by Gasteiger charge is -2.15. The summed E-state index contributed by atoms with van der Waals surface area (Å²) in [6.07, 6.45) is 0. The first-order chi connectivity index (χ1) is 7.67. The van der Waals surface area contributed by atoms with Gasteiger partial charge in [0.25, 0.3) is 0 Å². The molecule has 0 fully saturated rings. The topological polar surface area (TPSA) is 45.0 Å². The van der Waals surface area contributed by atoms with Crippen molar-refractivity contribution >= 4 is 0 Å². The van der Waals surface area contributed by atoms with Gasteiger partial charge < -0.3 is 10.1 Å². The second kappa shape index (κ2) is 6.14. The van der Waals surface area contributed by atoms with E-state index in [4.69, 9.17) is 10.00 Å². The van der Waals surface area contributed by atoms with Crippen LogP contribution in [-0.2, 0) is 6.54 Å². The van der Waals surface area contributed by atoms with Gasteiger partial charge in [0.2, 0.25) is 0 Å².